The van der Waals surface area contributed by atoms with E-state index in [-0.39, 0.29) is 6.03 Å². The topological polar surface area (TPSA) is 56.1 Å². The number of amides is 2. The molecule has 28 heavy (non-hydrogen) atoms. The van der Waals surface area contributed by atoms with E-state index in [9.17, 15) is 22.4 Å². The number of likely N-dealkylation sites (tertiary alicyclic amines) is 1. The number of rotatable bonds is 1. The van der Waals surface area contributed by atoms with Crippen LogP contribution in [0, 0.1) is 6.92 Å². The average Bonchev–Trinajstić information content (AvgIpc) is 3.25. The second kappa shape index (κ2) is 6.50. The van der Waals surface area contributed by atoms with Crippen LogP contribution in [0.15, 0.2) is 29.4 Å². The lowest BCUT2D eigenvalue weighted by atomic mass is 10.2. The van der Waals surface area contributed by atoms with E-state index in [2.05, 4.69) is 14.5 Å². The Hall–Kier alpha value is -2.56. The molecule has 0 unspecified atom stereocenters. The van der Waals surface area contributed by atoms with Crippen LogP contribution < -0.4 is 14.3 Å². The van der Waals surface area contributed by atoms with Crippen LogP contribution in [0.5, 0.6) is 11.5 Å². The molecular weight excluding hydrogens is 402 g/mol. The Bertz CT molecular complexity index is 996. The van der Waals surface area contributed by atoms with E-state index in [1.54, 1.807) is 18.0 Å². The summed E-state index contributed by atoms with van der Waals surface area (Å²) in [4.78, 5) is 19.2. The number of nitrogens with zero attached hydrogens (tertiary/aromatic N) is 3. The quantitative estimate of drug-likeness (QED) is 0.661. The van der Waals surface area contributed by atoms with Crippen molar-refractivity contribution in [3.8, 4) is 17.2 Å². The number of hydrogen-bond donors (Lipinski definition) is 0. The van der Waals surface area contributed by atoms with Gasteiger partial charge in [0.2, 0.25) is 0 Å². The zero-order valence-corrected chi connectivity index (χ0v) is 15.4. The van der Waals surface area contributed by atoms with Gasteiger partial charge in [-0.2, -0.15) is 22.6 Å². The van der Waals surface area contributed by atoms with Gasteiger partial charge in [-0.25, -0.2) is 4.79 Å². The first-order valence-corrected chi connectivity index (χ1v) is 9.29. The molecular formula is C17H15F4N3O3S. The van der Waals surface area contributed by atoms with Crippen LogP contribution in [0.3, 0.4) is 0 Å². The highest BCUT2D eigenvalue weighted by molar-refractivity contribution is 7.09. The molecule has 11 heteroatoms. The van der Waals surface area contributed by atoms with Gasteiger partial charge in [-0.05, 0) is 31.9 Å². The summed E-state index contributed by atoms with van der Waals surface area (Å²) in [6, 6.07) is 3.27. The van der Waals surface area contributed by atoms with E-state index in [0.717, 1.165) is 29.9 Å². The highest BCUT2D eigenvalue weighted by Crippen LogP contribution is 2.47. The SMILES string of the molecule is Cc1cn(-c2ccc3c(c2)OC(F)(F)C(F)(F)O3)/c(=N/C(=O)N2CCCC2)s1. The number of aromatic nitrogens is 1. The average molecular weight is 417 g/mol. The fraction of sp³-hybridized carbons (Fsp3) is 0.412. The summed E-state index contributed by atoms with van der Waals surface area (Å²) in [6.07, 6.45) is -6.06. The number of urea groups is 1. The number of fused-ring (bicyclic) bond motifs is 1. The van der Waals surface area contributed by atoms with Gasteiger partial charge < -0.3 is 14.4 Å². The molecule has 0 spiro atoms. The Morgan fingerprint density at radius 1 is 1.11 bits per heavy atom. The third-order valence-corrected chi connectivity index (χ3v) is 5.26. The van der Waals surface area contributed by atoms with Crippen molar-refractivity contribution in [2.24, 2.45) is 4.99 Å². The van der Waals surface area contributed by atoms with Crippen LogP contribution in [-0.4, -0.2) is 40.8 Å². The third-order valence-electron chi connectivity index (χ3n) is 4.36. The maximum Gasteiger partial charge on any atom is 0.507 e. The van der Waals surface area contributed by atoms with Crippen molar-refractivity contribution in [2.45, 2.75) is 32.0 Å². The summed E-state index contributed by atoms with van der Waals surface area (Å²) >= 11 is 1.24. The standard InChI is InChI=1S/C17H15F4N3O3S/c1-10-9-24(15(28-10)22-14(25)23-6-2-3-7-23)11-4-5-12-13(8-11)27-17(20,21)16(18,19)26-12/h4-5,8-9H,2-3,6-7H2,1H3/b22-15-. The van der Waals surface area contributed by atoms with E-state index in [1.165, 1.54) is 22.0 Å². The highest BCUT2D eigenvalue weighted by atomic mass is 32.1. The molecule has 1 aromatic carbocycles. The van der Waals surface area contributed by atoms with Gasteiger partial charge in [0.15, 0.2) is 16.3 Å². The summed E-state index contributed by atoms with van der Waals surface area (Å²) in [5, 5.41) is 0. The minimum atomic E-state index is -4.80. The molecule has 2 aliphatic rings. The number of halogens is 4. The first kappa shape index (κ1) is 18.8. The third kappa shape index (κ3) is 3.23. The minimum Gasteiger partial charge on any atom is -0.421 e. The zero-order chi connectivity index (χ0) is 20.1. The molecule has 1 aromatic heterocycles. The first-order chi connectivity index (χ1) is 13.2. The van der Waals surface area contributed by atoms with Gasteiger partial charge in [0.1, 0.15) is 0 Å². The lowest BCUT2D eigenvalue weighted by Crippen LogP contribution is -2.52. The van der Waals surface area contributed by atoms with Gasteiger partial charge in [-0.15, -0.1) is 11.3 Å². The predicted molar refractivity (Wildman–Crippen MR) is 91.3 cm³/mol. The maximum absolute atomic E-state index is 13.5. The predicted octanol–water partition coefficient (Wildman–Crippen LogP) is 3.92. The number of alkyl halides is 4. The summed E-state index contributed by atoms with van der Waals surface area (Å²) in [7, 11) is 0. The minimum absolute atomic E-state index is 0.320. The molecule has 0 saturated carbocycles. The van der Waals surface area contributed by atoms with Gasteiger partial charge >= 0.3 is 18.2 Å². The van der Waals surface area contributed by atoms with E-state index in [4.69, 9.17) is 0 Å². The lowest BCUT2D eigenvalue weighted by molar-refractivity contribution is -0.391. The second-order valence-electron chi connectivity index (χ2n) is 6.45. The lowest BCUT2D eigenvalue weighted by Gasteiger charge is -2.31. The van der Waals surface area contributed by atoms with E-state index in [1.807, 2.05) is 0 Å². The van der Waals surface area contributed by atoms with Crippen LogP contribution >= 0.6 is 11.3 Å². The summed E-state index contributed by atoms with van der Waals surface area (Å²) in [5.74, 6) is -1.03. The van der Waals surface area contributed by atoms with Crippen LogP contribution in [0.4, 0.5) is 22.4 Å². The molecule has 0 aliphatic carbocycles. The molecule has 1 saturated heterocycles. The largest absolute Gasteiger partial charge is 0.507 e. The molecule has 0 N–H and O–H groups in total. The molecule has 3 heterocycles. The first-order valence-electron chi connectivity index (χ1n) is 8.47. The Morgan fingerprint density at radius 2 is 1.75 bits per heavy atom. The van der Waals surface area contributed by atoms with Crippen LogP contribution in [0.2, 0.25) is 0 Å². The highest BCUT2D eigenvalue weighted by Gasteiger charge is 2.65. The van der Waals surface area contributed by atoms with Crippen molar-refractivity contribution in [1.82, 2.24) is 9.47 Å². The van der Waals surface area contributed by atoms with Crippen molar-refractivity contribution < 1.29 is 31.8 Å². The van der Waals surface area contributed by atoms with Crippen LogP contribution in [-0.2, 0) is 0 Å². The fourth-order valence-electron chi connectivity index (χ4n) is 2.98. The van der Waals surface area contributed by atoms with Gasteiger partial charge in [0.05, 0.1) is 5.69 Å². The Kier molecular flexibility index (Phi) is 4.36. The molecule has 0 bridgehead atoms. The van der Waals surface area contributed by atoms with E-state index >= 15 is 0 Å². The van der Waals surface area contributed by atoms with Gasteiger partial charge in [0.25, 0.3) is 0 Å². The molecule has 0 atom stereocenters. The molecule has 2 aliphatic heterocycles. The molecule has 2 aromatic rings. The van der Waals surface area contributed by atoms with Crippen LogP contribution in [0.1, 0.15) is 17.7 Å². The molecule has 1 fully saturated rings. The maximum atomic E-state index is 13.5. The molecule has 0 radical (unpaired) electrons. The number of carbonyl (C=O) groups excluding carboxylic acids is 1. The Morgan fingerprint density at radius 3 is 2.43 bits per heavy atom. The second-order valence-corrected chi connectivity index (χ2v) is 7.66. The summed E-state index contributed by atoms with van der Waals surface area (Å²) in [6.45, 7) is 3.08. The molecule has 2 amide bonds. The van der Waals surface area contributed by atoms with Gasteiger partial charge in [0, 0.05) is 30.2 Å². The molecule has 6 nitrogen and oxygen atoms in total. The van der Waals surface area contributed by atoms with Crippen LogP contribution in [0.25, 0.3) is 5.69 Å². The number of ether oxygens (including phenoxy) is 2. The van der Waals surface area contributed by atoms with Gasteiger partial charge in [-0.3, -0.25) is 4.57 Å². The number of carbonyl (C=O) groups is 1. The van der Waals surface area contributed by atoms with E-state index in [0.29, 0.717) is 23.6 Å². The van der Waals surface area contributed by atoms with Crippen molar-refractivity contribution in [2.75, 3.05) is 13.1 Å². The number of thiazole rings is 1. The summed E-state index contributed by atoms with van der Waals surface area (Å²) < 4.78 is 63.3. The van der Waals surface area contributed by atoms with Crippen molar-refractivity contribution in [1.29, 1.82) is 0 Å². The Labute approximate surface area is 160 Å². The van der Waals surface area contributed by atoms with Gasteiger partial charge in [-0.1, -0.05) is 0 Å². The van der Waals surface area contributed by atoms with Crippen molar-refractivity contribution in [3.63, 3.8) is 0 Å². The number of benzene rings is 1. The van der Waals surface area contributed by atoms with Crippen molar-refractivity contribution in [3.05, 3.63) is 34.1 Å². The molecule has 4 rings (SSSR count). The monoisotopic (exact) mass is 417 g/mol. The zero-order valence-electron chi connectivity index (χ0n) is 14.6. The normalized spacial score (nSPS) is 20.5. The van der Waals surface area contributed by atoms with E-state index < -0.39 is 23.7 Å². The van der Waals surface area contributed by atoms with Crippen molar-refractivity contribution >= 4 is 17.4 Å². The number of hydrogen-bond acceptors (Lipinski definition) is 4. The smallest absolute Gasteiger partial charge is 0.421 e. The fourth-order valence-corrected chi connectivity index (χ4v) is 3.81. The summed E-state index contributed by atoms with van der Waals surface area (Å²) in [5.41, 5.74) is 0.320. The molecule has 150 valence electrons. The number of aryl methyl sites for hydroxylation is 1. The Balaban J connectivity index is 1.72.